The zero-order valence-corrected chi connectivity index (χ0v) is 14.4. The Morgan fingerprint density at radius 1 is 1.00 bits per heavy atom. The fourth-order valence-electron chi connectivity index (χ4n) is 2.57. The third-order valence-corrected chi connectivity index (χ3v) is 3.64. The lowest BCUT2D eigenvalue weighted by atomic mass is 10.1. The number of ether oxygens (including phenoxy) is 1. The molecule has 0 spiro atoms. The lowest BCUT2D eigenvalue weighted by Gasteiger charge is -2.26. The molecule has 4 heteroatoms. The van der Waals surface area contributed by atoms with E-state index in [-0.39, 0.29) is 11.9 Å². The van der Waals surface area contributed by atoms with Crippen LogP contribution in [0.3, 0.4) is 0 Å². The summed E-state index contributed by atoms with van der Waals surface area (Å²) in [6.07, 6.45) is -0.491. The maximum Gasteiger partial charge on any atom is 0.123 e. The molecule has 0 saturated carbocycles. The van der Waals surface area contributed by atoms with Gasteiger partial charge in [-0.3, -0.25) is 4.90 Å². The third-order valence-electron chi connectivity index (χ3n) is 3.64. The number of hydrogen-bond acceptors (Lipinski definition) is 3. The minimum atomic E-state index is -0.579. The highest BCUT2D eigenvalue weighted by Crippen LogP contribution is 2.12. The Balaban J connectivity index is 2.02. The van der Waals surface area contributed by atoms with Crippen LogP contribution >= 0.6 is 0 Å². The van der Waals surface area contributed by atoms with Crippen LogP contribution in [0.1, 0.15) is 25.0 Å². The second kappa shape index (κ2) is 9.52. The topological polar surface area (TPSA) is 32.7 Å². The first-order chi connectivity index (χ1) is 11.5. The van der Waals surface area contributed by atoms with E-state index in [9.17, 15) is 9.50 Å². The van der Waals surface area contributed by atoms with Gasteiger partial charge in [0.25, 0.3) is 0 Å². The Kier molecular flexibility index (Phi) is 7.37. The van der Waals surface area contributed by atoms with Crippen molar-refractivity contribution in [3.8, 4) is 0 Å². The molecule has 24 heavy (non-hydrogen) atoms. The Hall–Kier alpha value is -1.75. The molecule has 2 aromatic rings. The molecule has 0 aliphatic heterocycles. The molecule has 0 radical (unpaired) electrons. The molecule has 0 aliphatic rings. The molecular formula is C20H26FNO2. The first kappa shape index (κ1) is 18.6. The normalized spacial score (nSPS) is 12.8. The fraction of sp³-hybridized carbons (Fsp3) is 0.400. The number of aliphatic hydroxyl groups is 1. The molecule has 2 aromatic carbocycles. The summed E-state index contributed by atoms with van der Waals surface area (Å²) < 4.78 is 18.9. The molecule has 0 aromatic heterocycles. The maximum absolute atomic E-state index is 13.4. The van der Waals surface area contributed by atoms with Gasteiger partial charge in [-0.25, -0.2) is 4.39 Å². The number of aliphatic hydroxyl groups excluding tert-OH is 1. The summed E-state index contributed by atoms with van der Waals surface area (Å²) in [6, 6.07) is 16.7. The van der Waals surface area contributed by atoms with Gasteiger partial charge < -0.3 is 9.84 Å². The summed E-state index contributed by atoms with van der Waals surface area (Å²) in [5.41, 5.74) is 2.05. The van der Waals surface area contributed by atoms with E-state index in [1.807, 2.05) is 38.1 Å². The van der Waals surface area contributed by atoms with Crippen LogP contribution in [0.4, 0.5) is 4.39 Å². The minimum absolute atomic E-state index is 0.0884. The molecule has 0 saturated heterocycles. The molecule has 1 N–H and O–H groups in total. The van der Waals surface area contributed by atoms with Gasteiger partial charge in [-0.15, -0.1) is 0 Å². The van der Waals surface area contributed by atoms with Crippen LogP contribution in [-0.4, -0.2) is 35.4 Å². The Morgan fingerprint density at radius 3 is 2.33 bits per heavy atom. The van der Waals surface area contributed by atoms with E-state index >= 15 is 0 Å². The molecular weight excluding hydrogens is 305 g/mol. The van der Waals surface area contributed by atoms with Gasteiger partial charge in [0.2, 0.25) is 0 Å². The first-order valence-electron chi connectivity index (χ1n) is 8.33. The zero-order valence-electron chi connectivity index (χ0n) is 14.4. The molecule has 0 amide bonds. The monoisotopic (exact) mass is 331 g/mol. The molecule has 0 heterocycles. The summed E-state index contributed by atoms with van der Waals surface area (Å²) in [6.45, 7) is 5.92. The van der Waals surface area contributed by atoms with E-state index in [0.717, 1.165) is 11.1 Å². The van der Waals surface area contributed by atoms with Crippen molar-refractivity contribution in [3.05, 3.63) is 71.5 Å². The van der Waals surface area contributed by atoms with Crippen LogP contribution in [0, 0.1) is 5.82 Å². The molecule has 0 unspecified atom stereocenters. The molecule has 130 valence electrons. The third kappa shape index (κ3) is 6.79. The SMILES string of the molecule is CC(C)OC[C@H](O)CN(Cc1ccccc1)Cc1cccc(F)c1. The van der Waals surface area contributed by atoms with Gasteiger partial charge in [0.05, 0.1) is 18.8 Å². The average molecular weight is 331 g/mol. The van der Waals surface area contributed by atoms with E-state index in [2.05, 4.69) is 17.0 Å². The number of benzene rings is 2. The standard InChI is InChI=1S/C20H26FNO2/c1-16(2)24-15-20(23)14-22(12-17-7-4-3-5-8-17)13-18-9-6-10-19(21)11-18/h3-11,16,20,23H,12-15H2,1-2H3/t20-/m1/s1. The average Bonchev–Trinajstić information content (AvgIpc) is 2.54. The van der Waals surface area contributed by atoms with Crippen molar-refractivity contribution in [1.82, 2.24) is 4.90 Å². The summed E-state index contributed by atoms with van der Waals surface area (Å²) in [4.78, 5) is 2.11. The van der Waals surface area contributed by atoms with Crippen molar-refractivity contribution < 1.29 is 14.2 Å². The quantitative estimate of drug-likeness (QED) is 0.762. The van der Waals surface area contributed by atoms with Crippen molar-refractivity contribution in [1.29, 1.82) is 0 Å². The van der Waals surface area contributed by atoms with Gasteiger partial charge in [-0.1, -0.05) is 42.5 Å². The van der Waals surface area contributed by atoms with Crippen molar-refractivity contribution in [2.45, 2.75) is 39.1 Å². The highest BCUT2D eigenvalue weighted by molar-refractivity contribution is 5.18. The lowest BCUT2D eigenvalue weighted by molar-refractivity contribution is -0.0106. The molecule has 3 nitrogen and oxygen atoms in total. The van der Waals surface area contributed by atoms with Crippen molar-refractivity contribution in [2.75, 3.05) is 13.2 Å². The summed E-state index contributed by atoms with van der Waals surface area (Å²) in [5, 5.41) is 10.2. The van der Waals surface area contributed by atoms with Gasteiger partial charge in [0.1, 0.15) is 5.82 Å². The molecule has 0 fully saturated rings. The molecule has 0 bridgehead atoms. The minimum Gasteiger partial charge on any atom is -0.389 e. The second-order valence-electron chi connectivity index (χ2n) is 6.32. The number of hydrogen-bond donors (Lipinski definition) is 1. The van der Waals surface area contributed by atoms with Crippen molar-refractivity contribution in [2.24, 2.45) is 0 Å². The predicted molar refractivity (Wildman–Crippen MR) is 94.1 cm³/mol. The summed E-state index contributed by atoms with van der Waals surface area (Å²) >= 11 is 0. The number of rotatable bonds is 9. The van der Waals surface area contributed by atoms with E-state index in [1.54, 1.807) is 6.07 Å². The predicted octanol–water partition coefficient (Wildman–Crippen LogP) is 3.61. The van der Waals surface area contributed by atoms with Crippen LogP contribution in [0.2, 0.25) is 0 Å². The van der Waals surface area contributed by atoms with Crippen LogP contribution < -0.4 is 0 Å². The smallest absolute Gasteiger partial charge is 0.123 e. The zero-order chi connectivity index (χ0) is 17.4. The first-order valence-corrected chi connectivity index (χ1v) is 8.33. The van der Waals surface area contributed by atoms with E-state index < -0.39 is 6.10 Å². The summed E-state index contributed by atoms with van der Waals surface area (Å²) in [5.74, 6) is -0.240. The summed E-state index contributed by atoms with van der Waals surface area (Å²) in [7, 11) is 0. The maximum atomic E-state index is 13.4. The van der Waals surface area contributed by atoms with Crippen LogP contribution in [0.25, 0.3) is 0 Å². The Labute approximate surface area is 143 Å². The van der Waals surface area contributed by atoms with Gasteiger partial charge in [0, 0.05) is 19.6 Å². The number of nitrogens with zero attached hydrogens (tertiary/aromatic N) is 1. The largest absolute Gasteiger partial charge is 0.389 e. The second-order valence-corrected chi connectivity index (χ2v) is 6.32. The van der Waals surface area contributed by atoms with Gasteiger partial charge in [-0.2, -0.15) is 0 Å². The van der Waals surface area contributed by atoms with Gasteiger partial charge in [0.15, 0.2) is 0 Å². The Bertz CT molecular complexity index is 604. The highest BCUT2D eigenvalue weighted by Gasteiger charge is 2.14. The van der Waals surface area contributed by atoms with E-state index in [1.165, 1.54) is 12.1 Å². The van der Waals surface area contributed by atoms with Crippen LogP contribution in [0.15, 0.2) is 54.6 Å². The van der Waals surface area contributed by atoms with Crippen LogP contribution in [0.5, 0.6) is 0 Å². The van der Waals surface area contributed by atoms with Crippen molar-refractivity contribution >= 4 is 0 Å². The van der Waals surface area contributed by atoms with Gasteiger partial charge >= 0.3 is 0 Å². The number of halogens is 1. The Morgan fingerprint density at radius 2 is 1.67 bits per heavy atom. The lowest BCUT2D eigenvalue weighted by Crippen LogP contribution is -2.34. The van der Waals surface area contributed by atoms with Crippen molar-refractivity contribution in [3.63, 3.8) is 0 Å². The fourth-order valence-corrected chi connectivity index (χ4v) is 2.57. The molecule has 2 rings (SSSR count). The molecule has 1 atom stereocenters. The van der Waals surface area contributed by atoms with E-state index in [4.69, 9.17) is 4.74 Å². The highest BCUT2D eigenvalue weighted by atomic mass is 19.1. The van der Waals surface area contributed by atoms with E-state index in [0.29, 0.717) is 26.2 Å². The molecule has 0 aliphatic carbocycles. The van der Waals surface area contributed by atoms with Crippen LogP contribution in [-0.2, 0) is 17.8 Å². The van der Waals surface area contributed by atoms with Gasteiger partial charge in [-0.05, 0) is 37.1 Å².